The number of carbonyl (C=O) groups is 2. The van der Waals surface area contributed by atoms with E-state index < -0.39 is 0 Å². The van der Waals surface area contributed by atoms with Gasteiger partial charge in [-0.05, 0) is 45.2 Å². The maximum Gasteiger partial charge on any atom is 0.239 e. The van der Waals surface area contributed by atoms with E-state index in [9.17, 15) is 9.59 Å². The Bertz CT molecular complexity index is 951. The van der Waals surface area contributed by atoms with Gasteiger partial charge in [0, 0.05) is 51.9 Å². The smallest absolute Gasteiger partial charge is 0.239 e. The van der Waals surface area contributed by atoms with E-state index in [-0.39, 0.29) is 23.9 Å². The van der Waals surface area contributed by atoms with Crippen LogP contribution < -0.4 is 5.32 Å². The first-order valence-corrected chi connectivity index (χ1v) is 11.0. The van der Waals surface area contributed by atoms with Gasteiger partial charge in [0.25, 0.3) is 0 Å². The molecule has 2 atom stereocenters. The fourth-order valence-electron chi connectivity index (χ4n) is 4.49. The number of hydrogen-bond acceptors (Lipinski definition) is 4. The van der Waals surface area contributed by atoms with Gasteiger partial charge in [-0.1, -0.05) is 29.8 Å². The molecular weight excluding hydrogens is 390 g/mol. The van der Waals surface area contributed by atoms with Gasteiger partial charge < -0.3 is 10.2 Å². The lowest BCUT2D eigenvalue weighted by atomic mass is 10.0. The Kier molecular flexibility index (Phi) is 7.15. The van der Waals surface area contributed by atoms with Crippen molar-refractivity contribution in [2.24, 2.45) is 7.05 Å². The number of likely N-dealkylation sites (N-methyl/N-ethyl adjacent to an activating group) is 1. The van der Waals surface area contributed by atoms with Crippen LogP contribution in [-0.2, 0) is 29.6 Å². The molecule has 31 heavy (non-hydrogen) atoms. The average Bonchev–Trinajstić information content (AvgIpc) is 2.96. The molecule has 2 heterocycles. The lowest BCUT2D eigenvalue weighted by Crippen LogP contribution is -2.62. The van der Waals surface area contributed by atoms with Gasteiger partial charge in [-0.25, -0.2) is 0 Å². The van der Waals surface area contributed by atoms with E-state index in [1.54, 1.807) is 4.90 Å². The van der Waals surface area contributed by atoms with E-state index in [0.717, 1.165) is 17.0 Å². The Morgan fingerprint density at radius 3 is 2.61 bits per heavy atom. The summed E-state index contributed by atoms with van der Waals surface area (Å²) in [7, 11) is 3.77. The fraction of sp³-hybridized carbons (Fsp3) is 0.542. The summed E-state index contributed by atoms with van der Waals surface area (Å²) in [5.74, 6) is 0.156. The summed E-state index contributed by atoms with van der Waals surface area (Å²) in [6.45, 7) is 9.87. The Balaban J connectivity index is 1.62. The van der Waals surface area contributed by atoms with Crippen molar-refractivity contribution >= 4 is 11.8 Å². The Labute approximate surface area is 185 Å². The molecule has 1 N–H and O–H groups in total. The highest BCUT2D eigenvalue weighted by molar-refractivity contribution is 5.82. The number of amides is 2. The molecule has 1 aliphatic rings. The number of carbonyl (C=O) groups excluding carboxylic acids is 2. The third kappa shape index (κ3) is 5.34. The predicted octanol–water partition coefficient (Wildman–Crippen LogP) is 2.13. The first-order valence-electron chi connectivity index (χ1n) is 11.0. The zero-order chi connectivity index (χ0) is 22.7. The Morgan fingerprint density at radius 2 is 1.97 bits per heavy atom. The van der Waals surface area contributed by atoms with Crippen LogP contribution in [0.2, 0.25) is 0 Å². The molecule has 1 aromatic heterocycles. The molecule has 7 nitrogen and oxygen atoms in total. The van der Waals surface area contributed by atoms with Gasteiger partial charge in [0.2, 0.25) is 11.8 Å². The minimum atomic E-state index is -0.221. The second-order valence-electron chi connectivity index (χ2n) is 8.79. The zero-order valence-corrected chi connectivity index (χ0v) is 19.6. The summed E-state index contributed by atoms with van der Waals surface area (Å²) in [5, 5.41) is 7.53. The summed E-state index contributed by atoms with van der Waals surface area (Å²) in [5.41, 5.74) is 5.63. The van der Waals surface area contributed by atoms with E-state index in [1.165, 1.54) is 11.1 Å². The third-order valence-corrected chi connectivity index (χ3v) is 6.43. The second kappa shape index (κ2) is 9.64. The van der Waals surface area contributed by atoms with Gasteiger partial charge in [0.15, 0.2) is 0 Å². The number of nitrogens with one attached hydrogen (secondary N) is 1. The minimum absolute atomic E-state index is 0.0327. The van der Waals surface area contributed by atoms with E-state index in [4.69, 9.17) is 0 Å². The zero-order valence-electron chi connectivity index (χ0n) is 19.6. The van der Waals surface area contributed by atoms with Crippen LogP contribution in [0.3, 0.4) is 0 Å². The van der Waals surface area contributed by atoms with Crippen molar-refractivity contribution in [3.8, 4) is 0 Å². The highest BCUT2D eigenvalue weighted by Crippen LogP contribution is 2.20. The molecule has 1 aromatic carbocycles. The molecule has 1 saturated heterocycles. The molecule has 1 aliphatic heterocycles. The number of hydrogen-bond donors (Lipinski definition) is 1. The van der Waals surface area contributed by atoms with Crippen LogP contribution in [0.5, 0.6) is 0 Å². The summed E-state index contributed by atoms with van der Waals surface area (Å²) < 4.78 is 1.86. The first kappa shape index (κ1) is 23.0. The minimum Gasteiger partial charge on any atom is -0.354 e. The molecule has 0 unspecified atom stereocenters. The quantitative estimate of drug-likeness (QED) is 0.738. The summed E-state index contributed by atoms with van der Waals surface area (Å²) in [6, 6.07) is 8.23. The number of nitrogens with zero attached hydrogens (tertiary/aromatic N) is 4. The predicted molar refractivity (Wildman–Crippen MR) is 122 cm³/mol. The molecule has 168 valence electrons. The van der Waals surface area contributed by atoms with Crippen LogP contribution in [0.15, 0.2) is 24.3 Å². The van der Waals surface area contributed by atoms with Gasteiger partial charge >= 0.3 is 0 Å². The van der Waals surface area contributed by atoms with Crippen molar-refractivity contribution in [3.63, 3.8) is 0 Å². The van der Waals surface area contributed by atoms with Crippen molar-refractivity contribution in [3.05, 3.63) is 52.3 Å². The second-order valence-corrected chi connectivity index (χ2v) is 8.79. The summed E-state index contributed by atoms with van der Waals surface area (Å²) >= 11 is 0. The molecule has 2 amide bonds. The highest BCUT2D eigenvalue weighted by atomic mass is 16.2. The van der Waals surface area contributed by atoms with Crippen LogP contribution in [-0.4, -0.2) is 63.6 Å². The van der Waals surface area contributed by atoms with Gasteiger partial charge in [-0.3, -0.25) is 19.2 Å². The lowest BCUT2D eigenvalue weighted by Gasteiger charge is -2.44. The Hall–Kier alpha value is -2.67. The lowest BCUT2D eigenvalue weighted by molar-refractivity contribution is -0.143. The molecular formula is C24H35N5O2. The SMILES string of the molecule is Cc1cccc(CN2[C@H](CNC(=O)CCc3c(C)nn(C)c3C)CN(C)C(=O)[C@@H]2C)c1. The molecule has 7 heteroatoms. The monoisotopic (exact) mass is 425 g/mol. The molecule has 0 bridgehead atoms. The van der Waals surface area contributed by atoms with Gasteiger partial charge in [-0.15, -0.1) is 0 Å². The van der Waals surface area contributed by atoms with Gasteiger partial charge in [0.05, 0.1) is 11.7 Å². The molecule has 0 saturated carbocycles. The molecule has 0 spiro atoms. The maximum atomic E-state index is 12.6. The maximum absolute atomic E-state index is 12.6. The fourth-order valence-corrected chi connectivity index (χ4v) is 4.49. The van der Waals surface area contributed by atoms with Crippen LogP contribution >= 0.6 is 0 Å². The summed E-state index contributed by atoms with van der Waals surface area (Å²) in [6.07, 6.45) is 1.12. The van der Waals surface area contributed by atoms with E-state index >= 15 is 0 Å². The molecule has 0 radical (unpaired) electrons. The molecule has 0 aliphatic carbocycles. The normalized spacial score (nSPS) is 19.7. The summed E-state index contributed by atoms with van der Waals surface area (Å²) in [4.78, 5) is 29.2. The van der Waals surface area contributed by atoms with Crippen LogP contribution in [0.25, 0.3) is 0 Å². The largest absolute Gasteiger partial charge is 0.354 e. The number of piperazine rings is 1. The van der Waals surface area contributed by atoms with Crippen molar-refractivity contribution in [1.29, 1.82) is 0 Å². The molecule has 2 aromatic rings. The number of rotatable bonds is 7. The van der Waals surface area contributed by atoms with Crippen molar-refractivity contribution in [2.45, 2.75) is 59.2 Å². The van der Waals surface area contributed by atoms with Crippen molar-refractivity contribution in [1.82, 2.24) is 24.9 Å². The van der Waals surface area contributed by atoms with Crippen LogP contribution in [0, 0.1) is 20.8 Å². The van der Waals surface area contributed by atoms with Gasteiger partial charge in [0.1, 0.15) is 0 Å². The number of benzene rings is 1. The van der Waals surface area contributed by atoms with Crippen molar-refractivity contribution < 1.29 is 9.59 Å². The van der Waals surface area contributed by atoms with Crippen LogP contribution in [0.4, 0.5) is 0 Å². The van der Waals surface area contributed by atoms with E-state index in [1.807, 2.05) is 45.6 Å². The molecule has 1 fully saturated rings. The Morgan fingerprint density at radius 1 is 1.23 bits per heavy atom. The van der Waals surface area contributed by atoms with Crippen molar-refractivity contribution in [2.75, 3.05) is 20.1 Å². The van der Waals surface area contributed by atoms with E-state index in [2.05, 4.69) is 40.4 Å². The topological polar surface area (TPSA) is 70.5 Å². The number of aromatic nitrogens is 2. The van der Waals surface area contributed by atoms with Gasteiger partial charge in [-0.2, -0.15) is 5.10 Å². The average molecular weight is 426 g/mol. The first-order chi connectivity index (χ1) is 14.7. The molecule has 3 rings (SSSR count). The highest BCUT2D eigenvalue weighted by Gasteiger charge is 2.36. The standard InChI is InChI=1S/C24H35N5O2/c1-16-8-7-9-20(12-16)14-29-19(4)24(31)27(5)15-21(29)13-25-23(30)11-10-22-17(2)26-28(6)18(22)3/h7-9,12,19,21H,10-11,13-15H2,1-6H3,(H,25,30)/t19-,21+/m0/s1. The van der Waals surface area contributed by atoms with E-state index in [0.29, 0.717) is 32.5 Å². The third-order valence-electron chi connectivity index (χ3n) is 6.43. The number of aryl methyl sites for hydroxylation is 3. The van der Waals surface area contributed by atoms with Crippen LogP contribution in [0.1, 0.15) is 41.4 Å².